The van der Waals surface area contributed by atoms with Gasteiger partial charge in [0.05, 0.1) is 27.1 Å². The average molecular weight is 293 g/mol. The molecule has 18 heavy (non-hydrogen) atoms. The second-order valence-electron chi connectivity index (χ2n) is 3.68. The van der Waals surface area contributed by atoms with Gasteiger partial charge in [-0.25, -0.2) is 0 Å². The largest absolute Gasteiger partial charge is 0.481 e. The van der Waals surface area contributed by atoms with Gasteiger partial charge in [-0.05, 0) is 6.92 Å². The van der Waals surface area contributed by atoms with E-state index in [1.807, 2.05) is 0 Å². The Hall–Kier alpha value is -1.53. The second-order valence-corrected chi connectivity index (χ2v) is 4.50. The Kier molecular flexibility index (Phi) is 4.75. The lowest BCUT2D eigenvalue weighted by Gasteiger charge is -2.15. The van der Waals surface area contributed by atoms with Gasteiger partial charge in [0.15, 0.2) is 0 Å². The van der Waals surface area contributed by atoms with E-state index >= 15 is 0 Å². The molecule has 0 heterocycles. The Bertz CT molecular complexity index is 470. The molecular weight excluding hydrogens is 283 g/mol. The van der Waals surface area contributed by atoms with E-state index in [2.05, 4.69) is 5.32 Å². The van der Waals surface area contributed by atoms with Crippen LogP contribution in [-0.2, 0) is 4.79 Å². The quantitative estimate of drug-likeness (QED) is 0.642. The molecule has 0 amide bonds. The van der Waals surface area contributed by atoms with Crippen LogP contribution in [-0.4, -0.2) is 22.0 Å². The Labute approximate surface area is 113 Å². The lowest BCUT2D eigenvalue weighted by molar-refractivity contribution is -0.384. The summed E-state index contributed by atoms with van der Waals surface area (Å²) in [6.07, 6.45) is -0.121. The van der Waals surface area contributed by atoms with E-state index in [9.17, 15) is 14.9 Å². The molecule has 0 radical (unpaired) electrons. The number of benzene rings is 1. The minimum atomic E-state index is -0.968. The van der Waals surface area contributed by atoms with Crippen molar-refractivity contribution in [1.29, 1.82) is 0 Å². The van der Waals surface area contributed by atoms with Crippen LogP contribution in [0.4, 0.5) is 11.4 Å². The number of nitrogens with zero attached hydrogens (tertiary/aromatic N) is 1. The van der Waals surface area contributed by atoms with Crippen molar-refractivity contribution < 1.29 is 14.8 Å². The average Bonchev–Trinajstić information content (AvgIpc) is 2.21. The molecule has 1 aromatic rings. The van der Waals surface area contributed by atoms with E-state index < -0.39 is 16.9 Å². The van der Waals surface area contributed by atoms with Gasteiger partial charge in [-0.15, -0.1) is 0 Å². The summed E-state index contributed by atoms with van der Waals surface area (Å²) in [5.74, 6) is -0.968. The molecule has 98 valence electrons. The summed E-state index contributed by atoms with van der Waals surface area (Å²) >= 11 is 11.7. The summed E-state index contributed by atoms with van der Waals surface area (Å²) in [6, 6.07) is 1.91. The van der Waals surface area contributed by atoms with Crippen LogP contribution < -0.4 is 5.32 Å². The van der Waals surface area contributed by atoms with Gasteiger partial charge in [-0.2, -0.15) is 0 Å². The number of nitro groups is 1. The first-order valence-electron chi connectivity index (χ1n) is 4.93. The van der Waals surface area contributed by atoms with Crippen molar-refractivity contribution >= 4 is 40.5 Å². The zero-order valence-electron chi connectivity index (χ0n) is 9.31. The zero-order valence-corrected chi connectivity index (χ0v) is 10.8. The highest BCUT2D eigenvalue weighted by Gasteiger charge is 2.16. The van der Waals surface area contributed by atoms with E-state index in [0.717, 1.165) is 12.1 Å². The van der Waals surface area contributed by atoms with Crippen LogP contribution >= 0.6 is 23.2 Å². The third-order valence-electron chi connectivity index (χ3n) is 2.11. The van der Waals surface area contributed by atoms with Crippen LogP contribution in [0.5, 0.6) is 0 Å². The van der Waals surface area contributed by atoms with Crippen molar-refractivity contribution in [3.05, 3.63) is 32.3 Å². The molecule has 1 rings (SSSR count). The third-order valence-corrected chi connectivity index (χ3v) is 2.71. The van der Waals surface area contributed by atoms with Crippen molar-refractivity contribution in [3.63, 3.8) is 0 Å². The standard InChI is InChI=1S/C10H10Cl2N2O4/c1-5(2-9(15)16)13-10-7(11)3-6(14(17)18)4-8(10)12/h3-5,13H,2H2,1H3,(H,15,16). The Balaban J connectivity index is 2.96. The molecule has 0 spiro atoms. The fraction of sp³-hybridized carbons (Fsp3) is 0.300. The van der Waals surface area contributed by atoms with Gasteiger partial charge < -0.3 is 10.4 Å². The number of aliphatic carboxylic acids is 1. The van der Waals surface area contributed by atoms with Gasteiger partial charge in [0.1, 0.15) is 0 Å². The monoisotopic (exact) mass is 292 g/mol. The first kappa shape index (κ1) is 14.5. The van der Waals surface area contributed by atoms with Crippen LogP contribution in [0.1, 0.15) is 13.3 Å². The molecule has 0 aliphatic rings. The molecule has 0 aliphatic heterocycles. The maximum Gasteiger partial charge on any atom is 0.305 e. The number of nitrogens with one attached hydrogen (secondary N) is 1. The number of carboxylic acids is 1. The number of halogens is 2. The molecule has 0 fully saturated rings. The molecule has 1 unspecified atom stereocenters. The number of carboxylic acid groups (broad SMARTS) is 1. The third kappa shape index (κ3) is 3.75. The van der Waals surface area contributed by atoms with Gasteiger partial charge in [0, 0.05) is 18.2 Å². The van der Waals surface area contributed by atoms with Crippen LogP contribution in [0.25, 0.3) is 0 Å². The zero-order chi connectivity index (χ0) is 13.9. The van der Waals surface area contributed by atoms with E-state index in [-0.39, 0.29) is 27.8 Å². The summed E-state index contributed by atoms with van der Waals surface area (Å²) in [4.78, 5) is 20.5. The number of anilines is 1. The first-order valence-corrected chi connectivity index (χ1v) is 5.68. The van der Waals surface area contributed by atoms with Gasteiger partial charge >= 0.3 is 5.97 Å². The number of non-ortho nitro benzene ring substituents is 1. The molecule has 2 N–H and O–H groups in total. The van der Waals surface area contributed by atoms with Crippen LogP contribution in [0, 0.1) is 10.1 Å². The van der Waals surface area contributed by atoms with E-state index in [1.54, 1.807) is 6.92 Å². The number of hydrogen-bond donors (Lipinski definition) is 2. The number of hydrogen-bond acceptors (Lipinski definition) is 4. The Morgan fingerprint density at radius 1 is 1.50 bits per heavy atom. The predicted octanol–water partition coefficient (Wildman–Crippen LogP) is 3.18. The molecule has 0 saturated carbocycles. The Morgan fingerprint density at radius 2 is 2.00 bits per heavy atom. The highest BCUT2D eigenvalue weighted by molar-refractivity contribution is 6.39. The fourth-order valence-electron chi connectivity index (χ4n) is 1.36. The summed E-state index contributed by atoms with van der Waals surface area (Å²) in [6.45, 7) is 1.64. The lowest BCUT2D eigenvalue weighted by atomic mass is 10.2. The maximum absolute atomic E-state index is 10.6. The summed E-state index contributed by atoms with van der Waals surface area (Å²) < 4.78 is 0. The molecule has 0 saturated heterocycles. The smallest absolute Gasteiger partial charge is 0.305 e. The lowest BCUT2D eigenvalue weighted by Crippen LogP contribution is -2.19. The molecule has 1 aromatic carbocycles. The van der Waals surface area contributed by atoms with Gasteiger partial charge in [0.2, 0.25) is 0 Å². The van der Waals surface area contributed by atoms with E-state index in [1.165, 1.54) is 0 Å². The minimum Gasteiger partial charge on any atom is -0.481 e. The highest BCUT2D eigenvalue weighted by Crippen LogP contribution is 2.35. The summed E-state index contributed by atoms with van der Waals surface area (Å²) in [7, 11) is 0. The molecule has 0 aromatic heterocycles. The number of carbonyl (C=O) groups is 1. The molecule has 0 aliphatic carbocycles. The molecule has 1 atom stereocenters. The predicted molar refractivity (Wildman–Crippen MR) is 68.5 cm³/mol. The van der Waals surface area contributed by atoms with Crippen molar-refractivity contribution in [2.45, 2.75) is 19.4 Å². The van der Waals surface area contributed by atoms with Crippen LogP contribution in [0.3, 0.4) is 0 Å². The van der Waals surface area contributed by atoms with E-state index in [0.29, 0.717) is 0 Å². The molecule has 0 bridgehead atoms. The fourth-order valence-corrected chi connectivity index (χ4v) is 1.95. The first-order chi connectivity index (χ1) is 8.31. The SMILES string of the molecule is CC(CC(=O)O)Nc1c(Cl)cc([N+](=O)[O-])cc1Cl. The minimum absolute atomic E-state index is 0.0754. The topological polar surface area (TPSA) is 92.5 Å². The van der Waals surface area contributed by atoms with Crippen molar-refractivity contribution in [2.24, 2.45) is 0 Å². The van der Waals surface area contributed by atoms with Gasteiger partial charge in [0.25, 0.3) is 5.69 Å². The van der Waals surface area contributed by atoms with Gasteiger partial charge in [-0.3, -0.25) is 14.9 Å². The molecule has 6 nitrogen and oxygen atoms in total. The number of rotatable bonds is 5. The highest BCUT2D eigenvalue weighted by atomic mass is 35.5. The van der Waals surface area contributed by atoms with E-state index in [4.69, 9.17) is 28.3 Å². The maximum atomic E-state index is 10.6. The van der Waals surface area contributed by atoms with Crippen LogP contribution in [0.2, 0.25) is 10.0 Å². The normalized spacial score (nSPS) is 11.9. The molecular formula is C10H10Cl2N2O4. The van der Waals surface area contributed by atoms with Crippen molar-refractivity contribution in [2.75, 3.05) is 5.32 Å². The number of nitro benzene ring substituents is 1. The van der Waals surface area contributed by atoms with Crippen LogP contribution in [0.15, 0.2) is 12.1 Å². The summed E-state index contributed by atoms with van der Waals surface area (Å²) in [5, 5.41) is 22.2. The molecule has 8 heteroatoms. The Morgan fingerprint density at radius 3 is 2.39 bits per heavy atom. The van der Waals surface area contributed by atoms with Crippen molar-refractivity contribution in [3.8, 4) is 0 Å². The van der Waals surface area contributed by atoms with Gasteiger partial charge in [-0.1, -0.05) is 23.2 Å². The van der Waals surface area contributed by atoms with Crippen molar-refractivity contribution in [1.82, 2.24) is 0 Å². The summed E-state index contributed by atoms with van der Waals surface area (Å²) in [5.41, 5.74) is 0.0686. The second kappa shape index (κ2) is 5.88.